The molecule has 1 heterocycles. The van der Waals surface area contributed by atoms with Crippen molar-refractivity contribution in [3.63, 3.8) is 0 Å². The number of ether oxygens (including phenoxy) is 1. The molecule has 0 aliphatic carbocycles. The zero-order valence-corrected chi connectivity index (χ0v) is 15.4. The number of para-hydroxylation sites is 1. The van der Waals surface area contributed by atoms with Gasteiger partial charge in [0.2, 0.25) is 0 Å². The molecule has 1 unspecified atom stereocenters. The van der Waals surface area contributed by atoms with E-state index < -0.39 is 21.2 Å². The molecule has 1 aromatic heterocycles. The van der Waals surface area contributed by atoms with Gasteiger partial charge in [-0.05, 0) is 35.7 Å². The van der Waals surface area contributed by atoms with E-state index in [1.807, 2.05) is 11.4 Å². The maximum atomic E-state index is 13.0. The number of rotatable bonds is 6. The van der Waals surface area contributed by atoms with Crippen LogP contribution in [-0.4, -0.2) is 21.1 Å². The number of hydrogen-bond donors (Lipinski definition) is 1. The SMILES string of the molecule is O=C(NCC(c1cccs1)S(=O)(=O)c1ccccc1)Oc1ccccc1. The van der Waals surface area contributed by atoms with E-state index in [1.165, 1.54) is 11.3 Å². The first-order chi connectivity index (χ1) is 12.6. The van der Waals surface area contributed by atoms with E-state index in [-0.39, 0.29) is 11.4 Å². The second kappa shape index (κ2) is 8.16. The quantitative estimate of drug-likeness (QED) is 0.692. The molecule has 2 aromatic carbocycles. The molecular weight excluding hydrogens is 370 g/mol. The summed E-state index contributed by atoms with van der Waals surface area (Å²) in [6.07, 6.45) is -0.694. The van der Waals surface area contributed by atoms with Gasteiger partial charge in [0.05, 0.1) is 4.90 Å². The Hall–Kier alpha value is -2.64. The van der Waals surface area contributed by atoms with Gasteiger partial charge in [-0.2, -0.15) is 0 Å². The Morgan fingerprint density at radius 2 is 1.62 bits per heavy atom. The van der Waals surface area contributed by atoms with Crippen LogP contribution in [-0.2, 0) is 9.84 Å². The molecule has 1 atom stereocenters. The second-order valence-electron chi connectivity index (χ2n) is 5.45. The predicted octanol–water partition coefficient (Wildman–Crippen LogP) is 4.05. The van der Waals surface area contributed by atoms with Gasteiger partial charge >= 0.3 is 6.09 Å². The highest BCUT2D eigenvalue weighted by Crippen LogP contribution is 2.31. The minimum atomic E-state index is -3.65. The Balaban J connectivity index is 1.77. The van der Waals surface area contributed by atoms with Crippen LogP contribution >= 0.6 is 11.3 Å². The van der Waals surface area contributed by atoms with Crippen molar-refractivity contribution in [1.29, 1.82) is 0 Å². The fourth-order valence-corrected chi connectivity index (χ4v) is 5.23. The Morgan fingerprint density at radius 3 is 2.23 bits per heavy atom. The van der Waals surface area contributed by atoms with Crippen molar-refractivity contribution in [1.82, 2.24) is 5.32 Å². The monoisotopic (exact) mass is 387 g/mol. The molecule has 0 bridgehead atoms. The van der Waals surface area contributed by atoms with Crippen LogP contribution in [0, 0.1) is 0 Å². The van der Waals surface area contributed by atoms with Crippen LogP contribution in [0.15, 0.2) is 83.1 Å². The van der Waals surface area contributed by atoms with Gasteiger partial charge < -0.3 is 10.1 Å². The first-order valence-electron chi connectivity index (χ1n) is 7.90. The number of nitrogens with one attached hydrogen (secondary N) is 1. The van der Waals surface area contributed by atoms with E-state index >= 15 is 0 Å². The topological polar surface area (TPSA) is 72.5 Å². The lowest BCUT2D eigenvalue weighted by Crippen LogP contribution is -2.33. The standard InChI is InChI=1S/C19H17NO4S2/c21-19(24-15-8-3-1-4-9-15)20-14-18(17-12-7-13-25-17)26(22,23)16-10-5-2-6-11-16/h1-13,18H,14H2,(H,20,21). The van der Waals surface area contributed by atoms with Crippen molar-refractivity contribution in [3.05, 3.63) is 83.1 Å². The third-order valence-electron chi connectivity index (χ3n) is 3.69. The lowest BCUT2D eigenvalue weighted by molar-refractivity contribution is 0.200. The summed E-state index contributed by atoms with van der Waals surface area (Å²) in [7, 11) is -3.65. The van der Waals surface area contributed by atoms with Gasteiger partial charge in [0.25, 0.3) is 0 Å². The van der Waals surface area contributed by atoms with Gasteiger partial charge in [0.1, 0.15) is 11.0 Å². The van der Waals surface area contributed by atoms with Crippen molar-refractivity contribution in [2.75, 3.05) is 6.54 Å². The molecule has 5 nitrogen and oxygen atoms in total. The Labute approximate surface area is 156 Å². The average Bonchev–Trinajstić information content (AvgIpc) is 3.17. The van der Waals surface area contributed by atoms with Gasteiger partial charge in [-0.15, -0.1) is 11.3 Å². The Bertz CT molecular complexity index is 940. The van der Waals surface area contributed by atoms with Gasteiger partial charge in [-0.3, -0.25) is 0 Å². The van der Waals surface area contributed by atoms with Gasteiger partial charge in [-0.25, -0.2) is 13.2 Å². The zero-order chi connectivity index (χ0) is 18.4. The van der Waals surface area contributed by atoms with E-state index in [4.69, 9.17) is 4.74 Å². The number of benzene rings is 2. The number of hydrogen-bond acceptors (Lipinski definition) is 5. The minimum Gasteiger partial charge on any atom is -0.410 e. The molecule has 0 spiro atoms. The highest BCUT2D eigenvalue weighted by Gasteiger charge is 2.30. The van der Waals surface area contributed by atoms with Gasteiger partial charge in [0, 0.05) is 11.4 Å². The highest BCUT2D eigenvalue weighted by molar-refractivity contribution is 7.91. The number of thiophene rings is 1. The molecule has 0 aliphatic rings. The summed E-state index contributed by atoms with van der Waals surface area (Å²) in [4.78, 5) is 12.9. The molecule has 3 aromatic rings. The fraction of sp³-hybridized carbons (Fsp3) is 0.105. The summed E-state index contributed by atoms with van der Waals surface area (Å²) in [5, 5.41) is 3.49. The summed E-state index contributed by atoms with van der Waals surface area (Å²) in [6.45, 7) is -0.0800. The van der Waals surface area contributed by atoms with E-state index in [0.29, 0.717) is 10.6 Å². The molecule has 0 saturated carbocycles. The maximum absolute atomic E-state index is 13.0. The summed E-state index contributed by atoms with van der Waals surface area (Å²) in [5.74, 6) is 0.392. The van der Waals surface area contributed by atoms with E-state index in [0.717, 1.165) is 0 Å². The summed E-state index contributed by atoms with van der Waals surface area (Å²) in [5.41, 5.74) is 0. The molecule has 7 heteroatoms. The predicted molar refractivity (Wildman–Crippen MR) is 101 cm³/mol. The van der Waals surface area contributed by atoms with Crippen LogP contribution in [0.1, 0.15) is 10.1 Å². The molecule has 0 fully saturated rings. The molecule has 134 valence electrons. The number of carbonyl (C=O) groups excluding carboxylic acids is 1. The molecule has 0 radical (unpaired) electrons. The smallest absolute Gasteiger partial charge is 0.410 e. The average molecular weight is 387 g/mol. The number of sulfone groups is 1. The van der Waals surface area contributed by atoms with Gasteiger partial charge in [0.15, 0.2) is 9.84 Å². The van der Waals surface area contributed by atoms with Crippen LogP contribution in [0.2, 0.25) is 0 Å². The summed E-state index contributed by atoms with van der Waals surface area (Å²) in [6, 6.07) is 20.4. The lowest BCUT2D eigenvalue weighted by atomic mass is 10.3. The number of amides is 1. The Kier molecular flexibility index (Phi) is 5.70. The van der Waals surface area contributed by atoms with E-state index in [9.17, 15) is 13.2 Å². The maximum Gasteiger partial charge on any atom is 0.412 e. The third kappa shape index (κ3) is 4.30. The van der Waals surface area contributed by atoms with Crippen molar-refractivity contribution in [2.45, 2.75) is 10.1 Å². The molecule has 1 amide bonds. The molecule has 0 aliphatic heterocycles. The molecule has 26 heavy (non-hydrogen) atoms. The summed E-state index contributed by atoms with van der Waals surface area (Å²) >= 11 is 1.34. The van der Waals surface area contributed by atoms with Crippen LogP contribution in [0.5, 0.6) is 5.75 Å². The number of carbonyl (C=O) groups is 1. The van der Waals surface area contributed by atoms with Crippen molar-refractivity contribution in [3.8, 4) is 5.75 Å². The fourth-order valence-electron chi connectivity index (χ4n) is 2.42. The van der Waals surface area contributed by atoms with Crippen LogP contribution in [0.3, 0.4) is 0 Å². The van der Waals surface area contributed by atoms with E-state index in [1.54, 1.807) is 66.7 Å². The van der Waals surface area contributed by atoms with Crippen LogP contribution in [0.4, 0.5) is 4.79 Å². The normalized spacial score (nSPS) is 12.3. The lowest BCUT2D eigenvalue weighted by Gasteiger charge is -2.17. The van der Waals surface area contributed by atoms with Crippen molar-refractivity contribution >= 4 is 27.3 Å². The minimum absolute atomic E-state index is 0.0800. The van der Waals surface area contributed by atoms with Crippen LogP contribution < -0.4 is 10.1 Å². The molecule has 0 saturated heterocycles. The summed E-state index contributed by atoms with van der Waals surface area (Å²) < 4.78 is 31.2. The third-order valence-corrected chi connectivity index (χ3v) is 6.93. The first-order valence-corrected chi connectivity index (χ1v) is 10.3. The van der Waals surface area contributed by atoms with Crippen LogP contribution in [0.25, 0.3) is 0 Å². The largest absolute Gasteiger partial charge is 0.412 e. The van der Waals surface area contributed by atoms with Crippen molar-refractivity contribution < 1.29 is 17.9 Å². The van der Waals surface area contributed by atoms with Crippen molar-refractivity contribution in [2.24, 2.45) is 0 Å². The zero-order valence-electron chi connectivity index (χ0n) is 13.7. The molecule has 3 rings (SSSR count). The molecule has 1 N–H and O–H groups in total. The molecular formula is C19H17NO4S2. The first kappa shape index (κ1) is 18.2. The second-order valence-corrected chi connectivity index (χ2v) is 8.56. The highest BCUT2D eigenvalue weighted by atomic mass is 32.2. The Morgan fingerprint density at radius 1 is 0.962 bits per heavy atom. The van der Waals surface area contributed by atoms with E-state index in [2.05, 4.69) is 5.32 Å². The van der Waals surface area contributed by atoms with Gasteiger partial charge in [-0.1, -0.05) is 42.5 Å².